The molecule has 21 heavy (non-hydrogen) atoms. The smallest absolute Gasteiger partial charge is 0.223 e. The van der Waals surface area contributed by atoms with Crippen molar-refractivity contribution in [1.29, 1.82) is 0 Å². The second-order valence-electron chi connectivity index (χ2n) is 6.01. The summed E-state index contributed by atoms with van der Waals surface area (Å²) in [5.74, 6) is 1.74. The molecule has 1 aromatic heterocycles. The molecule has 0 radical (unpaired) electrons. The number of carbonyl (C=O) groups is 1. The SMILES string of the molecule is O=C1CCc2ccccc2CN1Cc1cc(C2CC2)on1. The van der Waals surface area contributed by atoms with Gasteiger partial charge in [-0.2, -0.15) is 0 Å². The fraction of sp³-hybridized carbons (Fsp3) is 0.412. The number of carbonyl (C=O) groups excluding carboxylic acids is 1. The molecule has 1 aromatic carbocycles. The number of hydrogen-bond donors (Lipinski definition) is 0. The van der Waals surface area contributed by atoms with Crippen LogP contribution in [0, 0.1) is 0 Å². The molecule has 2 aliphatic rings. The van der Waals surface area contributed by atoms with Gasteiger partial charge in [0.2, 0.25) is 5.91 Å². The molecule has 4 rings (SSSR count). The van der Waals surface area contributed by atoms with Crippen molar-refractivity contribution in [3.63, 3.8) is 0 Å². The molecule has 1 aliphatic heterocycles. The van der Waals surface area contributed by atoms with E-state index in [0.29, 0.717) is 25.4 Å². The van der Waals surface area contributed by atoms with Crippen LogP contribution in [0.1, 0.15) is 47.8 Å². The van der Waals surface area contributed by atoms with Gasteiger partial charge in [0, 0.05) is 24.9 Å². The highest BCUT2D eigenvalue weighted by molar-refractivity contribution is 5.77. The van der Waals surface area contributed by atoms with Crippen molar-refractivity contribution in [2.45, 2.75) is 44.7 Å². The summed E-state index contributed by atoms with van der Waals surface area (Å²) in [6.07, 6.45) is 3.80. The maximum atomic E-state index is 12.3. The highest BCUT2D eigenvalue weighted by Crippen LogP contribution is 2.40. The Kier molecular flexibility index (Phi) is 3.02. The third kappa shape index (κ3) is 2.58. The summed E-state index contributed by atoms with van der Waals surface area (Å²) in [7, 11) is 0. The lowest BCUT2D eigenvalue weighted by Gasteiger charge is -2.19. The summed E-state index contributed by atoms with van der Waals surface area (Å²) in [5.41, 5.74) is 3.39. The molecular formula is C17H18N2O2. The van der Waals surface area contributed by atoms with Crippen molar-refractivity contribution in [1.82, 2.24) is 10.1 Å². The molecule has 1 aliphatic carbocycles. The van der Waals surface area contributed by atoms with Gasteiger partial charge in [-0.05, 0) is 30.4 Å². The number of nitrogens with zero attached hydrogens (tertiary/aromatic N) is 2. The van der Waals surface area contributed by atoms with Crippen LogP contribution in [0.3, 0.4) is 0 Å². The van der Waals surface area contributed by atoms with Gasteiger partial charge in [-0.1, -0.05) is 29.4 Å². The zero-order chi connectivity index (χ0) is 14.2. The van der Waals surface area contributed by atoms with E-state index in [0.717, 1.165) is 17.9 Å². The first kappa shape index (κ1) is 12.6. The highest BCUT2D eigenvalue weighted by Gasteiger charge is 2.28. The van der Waals surface area contributed by atoms with E-state index in [1.54, 1.807) is 0 Å². The first-order valence-corrected chi connectivity index (χ1v) is 7.59. The molecule has 0 unspecified atom stereocenters. The maximum Gasteiger partial charge on any atom is 0.223 e. The predicted octanol–water partition coefficient (Wildman–Crippen LogP) is 3.03. The van der Waals surface area contributed by atoms with E-state index >= 15 is 0 Å². The van der Waals surface area contributed by atoms with E-state index in [2.05, 4.69) is 17.3 Å². The molecular weight excluding hydrogens is 264 g/mol. The van der Waals surface area contributed by atoms with Gasteiger partial charge < -0.3 is 9.42 Å². The third-order valence-corrected chi connectivity index (χ3v) is 4.35. The fourth-order valence-corrected chi connectivity index (χ4v) is 2.95. The van der Waals surface area contributed by atoms with Gasteiger partial charge in [0.05, 0.1) is 6.54 Å². The number of hydrogen-bond acceptors (Lipinski definition) is 3. The average Bonchev–Trinajstić information content (AvgIpc) is 3.27. The Balaban J connectivity index is 1.53. The van der Waals surface area contributed by atoms with Crippen molar-refractivity contribution in [3.05, 3.63) is 52.9 Å². The molecule has 4 heteroatoms. The normalized spacial score (nSPS) is 18.5. The lowest BCUT2D eigenvalue weighted by molar-refractivity contribution is -0.132. The Hall–Kier alpha value is -2.10. The molecule has 0 bridgehead atoms. The van der Waals surface area contributed by atoms with Gasteiger partial charge >= 0.3 is 0 Å². The van der Waals surface area contributed by atoms with Crippen molar-refractivity contribution >= 4 is 5.91 Å². The summed E-state index contributed by atoms with van der Waals surface area (Å²) in [6, 6.07) is 10.3. The van der Waals surface area contributed by atoms with Crippen molar-refractivity contribution in [3.8, 4) is 0 Å². The molecule has 4 nitrogen and oxygen atoms in total. The standard InChI is InChI=1S/C17H18N2O2/c20-17-8-7-12-3-1-2-4-14(12)10-19(17)11-15-9-16(21-18-15)13-5-6-13/h1-4,9,13H,5-8,10-11H2. The van der Waals surface area contributed by atoms with Crippen LogP contribution in [-0.2, 0) is 24.3 Å². The summed E-state index contributed by atoms with van der Waals surface area (Å²) in [4.78, 5) is 14.2. The topological polar surface area (TPSA) is 46.3 Å². The fourth-order valence-electron chi connectivity index (χ4n) is 2.95. The summed E-state index contributed by atoms with van der Waals surface area (Å²) in [6.45, 7) is 1.21. The molecule has 1 saturated carbocycles. The predicted molar refractivity (Wildman–Crippen MR) is 77.5 cm³/mol. The van der Waals surface area contributed by atoms with Crippen LogP contribution in [0.4, 0.5) is 0 Å². The Morgan fingerprint density at radius 1 is 1.19 bits per heavy atom. The second kappa shape index (κ2) is 5.02. The Bertz CT molecular complexity index is 673. The lowest BCUT2D eigenvalue weighted by atomic mass is 10.0. The van der Waals surface area contributed by atoms with Gasteiger partial charge in [0.25, 0.3) is 0 Å². The van der Waals surface area contributed by atoms with Crippen LogP contribution >= 0.6 is 0 Å². The maximum absolute atomic E-state index is 12.3. The lowest BCUT2D eigenvalue weighted by Crippen LogP contribution is -2.28. The molecule has 2 aromatic rings. The molecule has 1 amide bonds. The minimum Gasteiger partial charge on any atom is -0.361 e. The second-order valence-corrected chi connectivity index (χ2v) is 6.01. The van der Waals surface area contributed by atoms with Gasteiger partial charge in [-0.3, -0.25) is 4.79 Å². The van der Waals surface area contributed by atoms with Crippen LogP contribution < -0.4 is 0 Å². The van der Waals surface area contributed by atoms with Crippen LogP contribution in [0.2, 0.25) is 0 Å². The number of aromatic nitrogens is 1. The number of amides is 1. The quantitative estimate of drug-likeness (QED) is 0.869. The Morgan fingerprint density at radius 2 is 2.00 bits per heavy atom. The number of fused-ring (bicyclic) bond motifs is 1. The first-order chi connectivity index (χ1) is 10.3. The van der Waals surface area contributed by atoms with Crippen LogP contribution in [0.15, 0.2) is 34.9 Å². The largest absolute Gasteiger partial charge is 0.361 e. The van der Waals surface area contributed by atoms with E-state index in [4.69, 9.17) is 4.52 Å². The minimum absolute atomic E-state index is 0.196. The van der Waals surface area contributed by atoms with Gasteiger partial charge in [0.1, 0.15) is 11.5 Å². The van der Waals surface area contributed by atoms with E-state index in [1.165, 1.54) is 24.0 Å². The zero-order valence-electron chi connectivity index (χ0n) is 11.9. The molecule has 0 atom stereocenters. The highest BCUT2D eigenvalue weighted by atomic mass is 16.5. The summed E-state index contributed by atoms with van der Waals surface area (Å²) >= 11 is 0. The monoisotopic (exact) mass is 282 g/mol. The van der Waals surface area contributed by atoms with Crippen molar-refractivity contribution in [2.75, 3.05) is 0 Å². The molecule has 108 valence electrons. The Labute approximate surface area is 123 Å². The van der Waals surface area contributed by atoms with Crippen LogP contribution in [0.5, 0.6) is 0 Å². The average molecular weight is 282 g/mol. The van der Waals surface area contributed by atoms with Gasteiger partial charge in [-0.25, -0.2) is 0 Å². The summed E-state index contributed by atoms with van der Waals surface area (Å²) < 4.78 is 5.38. The van der Waals surface area contributed by atoms with Crippen LogP contribution in [-0.4, -0.2) is 16.0 Å². The van der Waals surface area contributed by atoms with E-state index in [1.807, 2.05) is 23.1 Å². The third-order valence-electron chi connectivity index (χ3n) is 4.35. The molecule has 1 fully saturated rings. The van der Waals surface area contributed by atoms with Crippen LogP contribution in [0.25, 0.3) is 0 Å². The number of benzene rings is 1. The van der Waals surface area contributed by atoms with E-state index in [9.17, 15) is 4.79 Å². The molecule has 0 N–H and O–H groups in total. The number of aryl methyl sites for hydroxylation is 1. The molecule has 2 heterocycles. The van der Waals surface area contributed by atoms with Crippen molar-refractivity contribution < 1.29 is 9.32 Å². The zero-order valence-corrected chi connectivity index (χ0v) is 11.9. The van der Waals surface area contributed by atoms with Gasteiger partial charge in [-0.15, -0.1) is 0 Å². The van der Waals surface area contributed by atoms with E-state index < -0.39 is 0 Å². The van der Waals surface area contributed by atoms with Crippen molar-refractivity contribution in [2.24, 2.45) is 0 Å². The molecule has 0 spiro atoms. The first-order valence-electron chi connectivity index (χ1n) is 7.59. The van der Waals surface area contributed by atoms with Gasteiger partial charge in [0.15, 0.2) is 0 Å². The van der Waals surface area contributed by atoms with E-state index in [-0.39, 0.29) is 5.91 Å². The number of rotatable bonds is 3. The Morgan fingerprint density at radius 3 is 2.81 bits per heavy atom. The minimum atomic E-state index is 0.196. The summed E-state index contributed by atoms with van der Waals surface area (Å²) in [5, 5.41) is 4.12. The molecule has 0 saturated heterocycles.